The lowest BCUT2D eigenvalue weighted by Crippen LogP contribution is -2.05. The number of ether oxygens (including phenoxy) is 1. The second kappa shape index (κ2) is 5.80. The van der Waals surface area contributed by atoms with E-state index >= 15 is 0 Å². The van der Waals surface area contributed by atoms with Crippen molar-refractivity contribution in [2.45, 2.75) is 19.8 Å². The van der Waals surface area contributed by atoms with Crippen molar-refractivity contribution in [2.75, 3.05) is 13.7 Å². The van der Waals surface area contributed by atoms with Crippen LogP contribution in [-0.2, 0) is 4.74 Å². The fraction of sp³-hybridized carbons (Fsp3) is 0.333. The van der Waals surface area contributed by atoms with Crippen LogP contribution in [0.25, 0.3) is 5.69 Å². The zero-order valence-corrected chi connectivity index (χ0v) is 11.5. The molecule has 0 saturated carbocycles. The molecule has 1 atom stereocenters. The second-order valence-electron chi connectivity index (χ2n) is 4.72. The van der Waals surface area contributed by atoms with Crippen LogP contribution in [0.1, 0.15) is 34.5 Å². The number of carbonyl (C=O) groups is 1. The topological polar surface area (TPSA) is 44.1 Å². The summed E-state index contributed by atoms with van der Waals surface area (Å²) in [7, 11) is 1.65. The van der Waals surface area contributed by atoms with Gasteiger partial charge in [0.2, 0.25) is 0 Å². The number of hydrogen-bond donors (Lipinski definition) is 0. The monoisotopic (exact) mass is 258 g/mol. The third-order valence-corrected chi connectivity index (χ3v) is 3.08. The zero-order chi connectivity index (χ0) is 13.8. The van der Waals surface area contributed by atoms with Gasteiger partial charge in [0.15, 0.2) is 6.29 Å². The van der Waals surface area contributed by atoms with Crippen molar-refractivity contribution in [1.29, 1.82) is 0 Å². The Bertz CT molecular complexity index is 558. The number of rotatable bonds is 5. The first-order valence-corrected chi connectivity index (χ1v) is 6.26. The lowest BCUT2D eigenvalue weighted by atomic mass is 10.1. The number of benzene rings is 1. The van der Waals surface area contributed by atoms with Gasteiger partial charge in [0.25, 0.3) is 0 Å². The van der Waals surface area contributed by atoms with E-state index < -0.39 is 0 Å². The maximum absolute atomic E-state index is 11.1. The van der Waals surface area contributed by atoms with E-state index in [1.807, 2.05) is 38.1 Å². The summed E-state index contributed by atoms with van der Waals surface area (Å²) in [5.74, 6) is 0.0944. The highest BCUT2D eigenvalue weighted by Gasteiger charge is 2.15. The van der Waals surface area contributed by atoms with Crippen LogP contribution in [0, 0.1) is 6.92 Å². The molecule has 100 valence electrons. The Labute approximate surface area is 113 Å². The van der Waals surface area contributed by atoms with E-state index in [1.165, 1.54) is 5.56 Å². The van der Waals surface area contributed by atoms with Gasteiger partial charge in [0, 0.05) is 19.2 Å². The number of aryl methyl sites for hydroxylation is 1. The van der Waals surface area contributed by atoms with E-state index in [2.05, 4.69) is 5.10 Å². The first kappa shape index (κ1) is 13.5. The maximum Gasteiger partial charge on any atom is 0.153 e. The molecule has 19 heavy (non-hydrogen) atoms. The molecular weight excluding hydrogens is 240 g/mol. The Morgan fingerprint density at radius 3 is 2.63 bits per heavy atom. The lowest BCUT2D eigenvalue weighted by molar-refractivity contribution is 0.112. The Morgan fingerprint density at radius 1 is 1.37 bits per heavy atom. The SMILES string of the molecule is COCC(C)c1nn(-c2ccc(C)cc2)cc1C=O. The van der Waals surface area contributed by atoms with E-state index in [0.717, 1.165) is 17.7 Å². The van der Waals surface area contributed by atoms with Gasteiger partial charge in [-0.25, -0.2) is 4.68 Å². The first-order chi connectivity index (χ1) is 9.15. The molecule has 1 aromatic carbocycles. The molecule has 0 fully saturated rings. The highest BCUT2D eigenvalue weighted by molar-refractivity contribution is 5.76. The summed E-state index contributed by atoms with van der Waals surface area (Å²) in [5.41, 5.74) is 3.53. The molecule has 4 heteroatoms. The van der Waals surface area contributed by atoms with Gasteiger partial charge in [0.05, 0.1) is 23.6 Å². The van der Waals surface area contributed by atoms with Gasteiger partial charge in [0.1, 0.15) is 0 Å². The molecular formula is C15H18N2O2. The molecule has 2 aromatic rings. The molecule has 0 spiro atoms. The highest BCUT2D eigenvalue weighted by atomic mass is 16.5. The first-order valence-electron chi connectivity index (χ1n) is 6.26. The van der Waals surface area contributed by atoms with E-state index in [1.54, 1.807) is 18.0 Å². The van der Waals surface area contributed by atoms with Gasteiger partial charge in [-0.05, 0) is 19.1 Å². The lowest BCUT2D eigenvalue weighted by Gasteiger charge is -2.07. The van der Waals surface area contributed by atoms with Crippen molar-refractivity contribution in [3.63, 3.8) is 0 Å². The minimum Gasteiger partial charge on any atom is -0.384 e. The predicted molar refractivity (Wildman–Crippen MR) is 74.0 cm³/mol. The molecule has 1 heterocycles. The summed E-state index contributed by atoms with van der Waals surface area (Å²) in [6, 6.07) is 8.02. The van der Waals surface area contributed by atoms with Crippen LogP contribution < -0.4 is 0 Å². The summed E-state index contributed by atoms with van der Waals surface area (Å²) < 4.78 is 6.86. The van der Waals surface area contributed by atoms with Gasteiger partial charge in [-0.1, -0.05) is 24.6 Å². The maximum atomic E-state index is 11.1. The average Bonchev–Trinajstić information content (AvgIpc) is 2.84. The molecule has 0 aliphatic carbocycles. The van der Waals surface area contributed by atoms with E-state index in [0.29, 0.717) is 12.2 Å². The van der Waals surface area contributed by atoms with Gasteiger partial charge in [-0.3, -0.25) is 4.79 Å². The average molecular weight is 258 g/mol. The molecule has 0 amide bonds. The number of nitrogens with zero attached hydrogens (tertiary/aromatic N) is 2. The molecule has 1 aromatic heterocycles. The van der Waals surface area contributed by atoms with Crippen LogP contribution in [0.3, 0.4) is 0 Å². The van der Waals surface area contributed by atoms with Gasteiger partial charge in [-0.2, -0.15) is 5.10 Å². The van der Waals surface area contributed by atoms with Crippen LogP contribution in [0.15, 0.2) is 30.5 Å². The molecule has 4 nitrogen and oxygen atoms in total. The summed E-state index contributed by atoms with van der Waals surface area (Å²) in [6.07, 6.45) is 2.61. The van der Waals surface area contributed by atoms with Gasteiger partial charge >= 0.3 is 0 Å². The van der Waals surface area contributed by atoms with E-state index in [4.69, 9.17) is 4.74 Å². The Balaban J connectivity index is 2.38. The van der Waals surface area contributed by atoms with Crippen molar-refractivity contribution >= 4 is 6.29 Å². The number of methoxy groups -OCH3 is 1. The fourth-order valence-electron chi connectivity index (χ4n) is 2.03. The van der Waals surface area contributed by atoms with Crippen molar-refractivity contribution in [3.05, 3.63) is 47.3 Å². The van der Waals surface area contributed by atoms with Crippen molar-refractivity contribution in [2.24, 2.45) is 0 Å². The van der Waals surface area contributed by atoms with Crippen molar-refractivity contribution in [3.8, 4) is 5.69 Å². The molecule has 2 rings (SSSR count). The second-order valence-corrected chi connectivity index (χ2v) is 4.72. The van der Waals surface area contributed by atoms with Gasteiger partial charge < -0.3 is 4.74 Å². The van der Waals surface area contributed by atoms with E-state index in [9.17, 15) is 4.79 Å². The minimum atomic E-state index is 0.0944. The number of carbonyl (C=O) groups excluding carboxylic acids is 1. The summed E-state index contributed by atoms with van der Waals surface area (Å²) in [5, 5.41) is 4.50. The molecule has 0 aliphatic heterocycles. The van der Waals surface area contributed by atoms with Crippen molar-refractivity contribution < 1.29 is 9.53 Å². The Kier molecular flexibility index (Phi) is 4.12. The van der Waals surface area contributed by atoms with Gasteiger partial charge in [-0.15, -0.1) is 0 Å². The normalized spacial score (nSPS) is 12.4. The van der Waals surface area contributed by atoms with Crippen LogP contribution in [0.5, 0.6) is 0 Å². The van der Waals surface area contributed by atoms with Crippen LogP contribution >= 0.6 is 0 Å². The van der Waals surface area contributed by atoms with Crippen LogP contribution in [0.4, 0.5) is 0 Å². The molecule has 0 bridgehead atoms. The highest BCUT2D eigenvalue weighted by Crippen LogP contribution is 2.19. The zero-order valence-electron chi connectivity index (χ0n) is 11.5. The fourth-order valence-corrected chi connectivity index (χ4v) is 2.03. The molecule has 1 unspecified atom stereocenters. The number of aldehydes is 1. The summed E-state index contributed by atoms with van der Waals surface area (Å²) in [4.78, 5) is 11.1. The Morgan fingerprint density at radius 2 is 2.05 bits per heavy atom. The molecule has 0 saturated heterocycles. The van der Waals surface area contributed by atoms with Crippen LogP contribution in [0.2, 0.25) is 0 Å². The third-order valence-electron chi connectivity index (χ3n) is 3.08. The summed E-state index contributed by atoms with van der Waals surface area (Å²) in [6.45, 7) is 4.58. The van der Waals surface area contributed by atoms with Crippen LogP contribution in [-0.4, -0.2) is 29.8 Å². The third kappa shape index (κ3) is 2.90. The predicted octanol–water partition coefficient (Wildman–Crippen LogP) is 2.74. The summed E-state index contributed by atoms with van der Waals surface area (Å²) >= 11 is 0. The molecule has 0 aliphatic rings. The number of hydrogen-bond acceptors (Lipinski definition) is 3. The Hall–Kier alpha value is -1.94. The minimum absolute atomic E-state index is 0.0944. The van der Waals surface area contributed by atoms with Crippen molar-refractivity contribution in [1.82, 2.24) is 9.78 Å². The van der Waals surface area contributed by atoms with E-state index in [-0.39, 0.29) is 5.92 Å². The quantitative estimate of drug-likeness (QED) is 0.774. The molecule has 0 N–H and O–H groups in total. The number of aromatic nitrogens is 2. The smallest absolute Gasteiger partial charge is 0.153 e. The standard InChI is InChI=1S/C15H18N2O2/c1-11-4-6-14(7-5-11)17-8-13(9-18)15(16-17)12(2)10-19-3/h4-9,12H,10H2,1-3H3. The molecule has 0 radical (unpaired) electrons. The largest absolute Gasteiger partial charge is 0.384 e.